The lowest BCUT2D eigenvalue weighted by atomic mass is 10.1. The van der Waals surface area contributed by atoms with Crippen LogP contribution in [0.15, 0.2) is 41.6 Å². The molecule has 1 unspecified atom stereocenters. The molecule has 2 N–H and O–H groups in total. The Bertz CT molecular complexity index is 682. The number of hydrogen-bond acceptors (Lipinski definition) is 6. The Labute approximate surface area is 145 Å². The number of methoxy groups -OCH3 is 2. The molecule has 0 aromatic heterocycles. The molecule has 0 aliphatic carbocycles. The molecule has 0 bridgehead atoms. The first-order valence-electron chi connectivity index (χ1n) is 7.57. The van der Waals surface area contributed by atoms with E-state index in [4.69, 9.17) is 14.2 Å². The third-order valence-corrected chi connectivity index (χ3v) is 3.64. The number of hydrogen-bond donors (Lipinski definition) is 2. The minimum Gasteiger partial charge on any atom is -0.456 e. The van der Waals surface area contributed by atoms with Crippen LogP contribution in [0.3, 0.4) is 0 Å². The van der Waals surface area contributed by atoms with Crippen molar-refractivity contribution in [3.63, 3.8) is 0 Å². The van der Waals surface area contributed by atoms with Crippen LogP contribution < -0.4 is 10.6 Å². The Morgan fingerprint density at radius 1 is 1.16 bits per heavy atom. The lowest BCUT2D eigenvalue weighted by Crippen LogP contribution is -2.54. The monoisotopic (exact) mass is 348 g/mol. The molecule has 0 radical (unpaired) electrons. The van der Waals surface area contributed by atoms with Crippen molar-refractivity contribution < 1.29 is 28.6 Å². The number of carbonyl (C=O) groups is 3. The fourth-order valence-corrected chi connectivity index (χ4v) is 2.29. The van der Waals surface area contributed by atoms with Crippen molar-refractivity contribution in [2.24, 2.45) is 0 Å². The molecule has 8 nitrogen and oxygen atoms in total. The third-order valence-electron chi connectivity index (χ3n) is 3.64. The largest absolute Gasteiger partial charge is 0.456 e. The van der Waals surface area contributed by atoms with Gasteiger partial charge in [-0.3, -0.25) is 9.59 Å². The van der Waals surface area contributed by atoms with Crippen LogP contribution in [0.2, 0.25) is 0 Å². The highest BCUT2D eigenvalue weighted by molar-refractivity contribution is 6.01. The third kappa shape index (κ3) is 4.43. The summed E-state index contributed by atoms with van der Waals surface area (Å²) in [6.07, 6.45) is -1.04. The second-order valence-corrected chi connectivity index (χ2v) is 5.38. The Kier molecular flexibility index (Phi) is 6.26. The van der Waals surface area contributed by atoms with Crippen molar-refractivity contribution in [1.29, 1.82) is 0 Å². The highest BCUT2D eigenvalue weighted by Crippen LogP contribution is 2.13. The SMILES string of the molecule is COC(OC)C(NC(=O)c1ccccc1)C(=O)NC1=C(C)COC1=O. The molecular formula is C17H20N2O6. The predicted molar refractivity (Wildman–Crippen MR) is 87.3 cm³/mol. The van der Waals surface area contributed by atoms with Crippen LogP contribution in [0.25, 0.3) is 0 Å². The van der Waals surface area contributed by atoms with Crippen molar-refractivity contribution in [2.75, 3.05) is 20.8 Å². The summed E-state index contributed by atoms with van der Waals surface area (Å²) in [6.45, 7) is 1.79. The smallest absolute Gasteiger partial charge is 0.355 e. The Morgan fingerprint density at radius 2 is 1.80 bits per heavy atom. The van der Waals surface area contributed by atoms with Crippen molar-refractivity contribution in [3.05, 3.63) is 47.2 Å². The number of esters is 1. The average molecular weight is 348 g/mol. The van der Waals surface area contributed by atoms with E-state index in [1.165, 1.54) is 14.2 Å². The van der Waals surface area contributed by atoms with Crippen LogP contribution in [-0.2, 0) is 23.8 Å². The molecule has 0 saturated carbocycles. The number of cyclic esters (lactones) is 1. The first-order chi connectivity index (χ1) is 12.0. The van der Waals surface area contributed by atoms with E-state index < -0.39 is 30.1 Å². The quantitative estimate of drug-likeness (QED) is 0.544. The van der Waals surface area contributed by atoms with Gasteiger partial charge < -0.3 is 24.8 Å². The lowest BCUT2D eigenvalue weighted by Gasteiger charge is -2.25. The average Bonchev–Trinajstić information content (AvgIpc) is 2.94. The zero-order valence-electron chi connectivity index (χ0n) is 14.2. The van der Waals surface area contributed by atoms with Gasteiger partial charge in [0, 0.05) is 19.8 Å². The predicted octanol–water partition coefficient (Wildman–Crippen LogP) is 0.351. The molecule has 1 atom stereocenters. The second kappa shape index (κ2) is 8.41. The minimum absolute atomic E-state index is 0.0647. The van der Waals surface area contributed by atoms with Gasteiger partial charge in [0.2, 0.25) is 0 Å². The lowest BCUT2D eigenvalue weighted by molar-refractivity contribution is -0.148. The van der Waals surface area contributed by atoms with E-state index >= 15 is 0 Å². The molecular weight excluding hydrogens is 328 g/mol. The maximum Gasteiger partial charge on any atom is 0.355 e. The first kappa shape index (κ1) is 18.6. The molecule has 1 aliphatic rings. The number of nitrogens with one attached hydrogen (secondary N) is 2. The standard InChI is InChI=1S/C17H20N2O6/c1-10-9-25-16(22)12(10)18-15(21)13(17(23-2)24-3)19-14(20)11-7-5-4-6-8-11/h4-8,13,17H,9H2,1-3H3,(H,18,21)(H,19,20). The van der Waals surface area contributed by atoms with Crippen LogP contribution in [0.1, 0.15) is 17.3 Å². The molecule has 8 heteroatoms. The van der Waals surface area contributed by atoms with Gasteiger partial charge in [0.15, 0.2) is 12.3 Å². The molecule has 2 rings (SSSR count). The van der Waals surface area contributed by atoms with E-state index in [-0.39, 0.29) is 12.3 Å². The second-order valence-electron chi connectivity index (χ2n) is 5.38. The van der Waals surface area contributed by atoms with Gasteiger partial charge in [0.25, 0.3) is 11.8 Å². The van der Waals surface area contributed by atoms with Crippen molar-refractivity contribution in [1.82, 2.24) is 10.6 Å². The molecule has 0 fully saturated rings. The van der Waals surface area contributed by atoms with Gasteiger partial charge in [0.05, 0.1) is 0 Å². The van der Waals surface area contributed by atoms with E-state index in [1.54, 1.807) is 37.3 Å². The van der Waals surface area contributed by atoms with Gasteiger partial charge in [-0.2, -0.15) is 0 Å². The summed E-state index contributed by atoms with van der Waals surface area (Å²) in [4.78, 5) is 36.6. The van der Waals surface area contributed by atoms with E-state index in [0.29, 0.717) is 11.1 Å². The summed E-state index contributed by atoms with van der Waals surface area (Å²) in [5, 5.41) is 5.04. The molecule has 1 aromatic carbocycles. The van der Waals surface area contributed by atoms with Crippen molar-refractivity contribution >= 4 is 17.8 Å². The first-order valence-corrected chi connectivity index (χ1v) is 7.57. The number of ether oxygens (including phenoxy) is 3. The number of carbonyl (C=O) groups excluding carboxylic acids is 3. The van der Waals surface area contributed by atoms with Gasteiger partial charge in [-0.25, -0.2) is 4.79 Å². The Balaban J connectivity index is 2.18. The van der Waals surface area contributed by atoms with E-state index in [1.807, 2.05) is 0 Å². The van der Waals surface area contributed by atoms with E-state index in [2.05, 4.69) is 10.6 Å². The summed E-state index contributed by atoms with van der Waals surface area (Å²) in [6, 6.07) is 7.24. The van der Waals surface area contributed by atoms with Crippen LogP contribution in [0.4, 0.5) is 0 Å². The highest BCUT2D eigenvalue weighted by atomic mass is 16.7. The van der Waals surface area contributed by atoms with E-state index in [9.17, 15) is 14.4 Å². The summed E-state index contributed by atoms with van der Waals surface area (Å²) < 4.78 is 15.1. The van der Waals surface area contributed by atoms with Crippen LogP contribution in [0, 0.1) is 0 Å². The van der Waals surface area contributed by atoms with Gasteiger partial charge in [-0.1, -0.05) is 18.2 Å². The zero-order chi connectivity index (χ0) is 18.4. The topological polar surface area (TPSA) is 103 Å². The summed E-state index contributed by atoms with van der Waals surface area (Å²) in [7, 11) is 2.69. The van der Waals surface area contributed by atoms with Crippen LogP contribution in [-0.4, -0.2) is 50.9 Å². The Morgan fingerprint density at radius 3 is 2.32 bits per heavy atom. The zero-order valence-corrected chi connectivity index (χ0v) is 14.2. The molecule has 2 amide bonds. The van der Waals surface area contributed by atoms with Crippen molar-refractivity contribution in [2.45, 2.75) is 19.3 Å². The molecule has 134 valence electrons. The van der Waals surface area contributed by atoms with Crippen molar-refractivity contribution in [3.8, 4) is 0 Å². The molecule has 0 saturated heterocycles. The molecule has 0 spiro atoms. The fraction of sp³-hybridized carbons (Fsp3) is 0.353. The van der Waals surface area contributed by atoms with Gasteiger partial charge in [0.1, 0.15) is 12.3 Å². The van der Waals surface area contributed by atoms with Crippen LogP contribution >= 0.6 is 0 Å². The fourth-order valence-electron chi connectivity index (χ4n) is 2.29. The minimum atomic E-state index is -1.17. The molecule has 1 heterocycles. The highest BCUT2D eigenvalue weighted by Gasteiger charge is 2.33. The van der Waals surface area contributed by atoms with Gasteiger partial charge in [-0.15, -0.1) is 0 Å². The normalized spacial score (nSPS) is 15.1. The number of amides is 2. The number of rotatable bonds is 7. The summed E-state index contributed by atoms with van der Waals surface area (Å²) in [5.74, 6) is -1.74. The number of benzene rings is 1. The maximum atomic E-state index is 12.6. The van der Waals surface area contributed by atoms with Gasteiger partial charge >= 0.3 is 5.97 Å². The summed E-state index contributed by atoms with van der Waals surface area (Å²) in [5.41, 5.74) is 1.04. The molecule has 1 aliphatic heterocycles. The maximum absolute atomic E-state index is 12.6. The Hall–Kier alpha value is -2.71. The van der Waals surface area contributed by atoms with E-state index in [0.717, 1.165) is 0 Å². The molecule has 1 aromatic rings. The van der Waals surface area contributed by atoms with Gasteiger partial charge in [-0.05, 0) is 24.6 Å². The van der Waals surface area contributed by atoms with Crippen LogP contribution in [0.5, 0.6) is 0 Å². The molecule has 25 heavy (non-hydrogen) atoms. The summed E-state index contributed by atoms with van der Waals surface area (Å²) >= 11 is 0.